The standard InChI is InChI=1S/C41H76NO10P/c1-3-5-7-9-11-13-15-17-19-21-23-25-27-29-31-33-40(44)52-37(35-50-53(47,48)51-36-38(42)41(45)46)34-49-39(43)32-30-28-26-24-22-20-18-16-14-12-10-8-6-4-2/h16-19,37-38H,3-15,20-36,42H2,1-2H3,(H,45,46)(H,47,48)/b18-16+,19-17+/t37-,38+/m1/s1. The van der Waals surface area contributed by atoms with Crippen LogP contribution in [0.15, 0.2) is 24.3 Å². The van der Waals surface area contributed by atoms with E-state index < -0.39 is 51.1 Å². The lowest BCUT2D eigenvalue weighted by atomic mass is 10.1. The molecule has 0 aromatic carbocycles. The lowest BCUT2D eigenvalue weighted by molar-refractivity contribution is -0.161. The lowest BCUT2D eigenvalue weighted by Crippen LogP contribution is -2.34. The van der Waals surface area contributed by atoms with Crippen molar-refractivity contribution in [2.75, 3.05) is 19.8 Å². The van der Waals surface area contributed by atoms with Crippen LogP contribution in [-0.2, 0) is 37.5 Å². The van der Waals surface area contributed by atoms with Gasteiger partial charge in [-0.05, 0) is 64.2 Å². The van der Waals surface area contributed by atoms with E-state index in [0.717, 1.165) is 77.0 Å². The zero-order chi connectivity index (χ0) is 39.3. The molecule has 0 saturated carbocycles. The van der Waals surface area contributed by atoms with Crippen LogP contribution in [0.4, 0.5) is 0 Å². The maximum absolute atomic E-state index is 12.6. The van der Waals surface area contributed by atoms with Gasteiger partial charge in [-0.25, -0.2) is 4.57 Å². The van der Waals surface area contributed by atoms with Crippen molar-refractivity contribution in [3.05, 3.63) is 24.3 Å². The van der Waals surface area contributed by atoms with Crippen LogP contribution in [0.25, 0.3) is 0 Å². The van der Waals surface area contributed by atoms with Gasteiger partial charge in [-0.15, -0.1) is 0 Å². The summed E-state index contributed by atoms with van der Waals surface area (Å²) in [5, 5.41) is 8.87. The normalized spacial score (nSPS) is 14.0. The van der Waals surface area contributed by atoms with Crippen molar-refractivity contribution in [1.29, 1.82) is 0 Å². The number of nitrogens with two attached hydrogens (primary N) is 1. The number of aliphatic carboxylic acids is 1. The summed E-state index contributed by atoms with van der Waals surface area (Å²) in [6.45, 7) is 2.77. The highest BCUT2D eigenvalue weighted by Gasteiger charge is 2.28. The summed E-state index contributed by atoms with van der Waals surface area (Å²) in [7, 11) is -4.71. The third kappa shape index (κ3) is 36.7. The maximum atomic E-state index is 12.6. The van der Waals surface area contributed by atoms with Gasteiger partial charge < -0.3 is 25.2 Å². The number of carboxylic acids is 1. The fourth-order valence-corrected chi connectivity index (χ4v) is 6.36. The van der Waals surface area contributed by atoms with Gasteiger partial charge in [0, 0.05) is 12.8 Å². The van der Waals surface area contributed by atoms with Crippen molar-refractivity contribution in [2.45, 2.75) is 199 Å². The van der Waals surface area contributed by atoms with E-state index in [0.29, 0.717) is 12.8 Å². The first kappa shape index (κ1) is 51.0. The third-order valence-electron chi connectivity index (χ3n) is 8.92. The highest BCUT2D eigenvalue weighted by atomic mass is 31.2. The summed E-state index contributed by atoms with van der Waals surface area (Å²) in [6.07, 6.45) is 36.7. The van der Waals surface area contributed by atoms with E-state index in [1.165, 1.54) is 70.6 Å². The van der Waals surface area contributed by atoms with Gasteiger partial charge in [-0.1, -0.05) is 134 Å². The molecule has 3 atom stereocenters. The molecule has 0 heterocycles. The molecule has 53 heavy (non-hydrogen) atoms. The molecule has 0 aliphatic rings. The molecule has 4 N–H and O–H groups in total. The highest BCUT2D eigenvalue weighted by Crippen LogP contribution is 2.43. The average Bonchev–Trinajstić information content (AvgIpc) is 3.13. The third-order valence-corrected chi connectivity index (χ3v) is 9.87. The molecular formula is C41H76NO10P. The van der Waals surface area contributed by atoms with Gasteiger partial charge >= 0.3 is 25.7 Å². The molecule has 0 amide bonds. The predicted molar refractivity (Wildman–Crippen MR) is 212 cm³/mol. The number of carbonyl (C=O) groups excluding carboxylic acids is 2. The summed E-state index contributed by atoms with van der Waals surface area (Å²) in [4.78, 5) is 45.8. The zero-order valence-corrected chi connectivity index (χ0v) is 34.3. The molecule has 310 valence electrons. The van der Waals surface area contributed by atoms with E-state index in [2.05, 4.69) is 42.7 Å². The molecule has 0 aromatic heterocycles. The quantitative estimate of drug-likeness (QED) is 0.0235. The summed E-state index contributed by atoms with van der Waals surface area (Å²) in [5.74, 6) is -2.40. The Balaban J connectivity index is 4.41. The van der Waals surface area contributed by atoms with Crippen LogP contribution in [0.3, 0.4) is 0 Å². The Morgan fingerprint density at radius 1 is 0.566 bits per heavy atom. The van der Waals surface area contributed by atoms with Crippen molar-refractivity contribution < 1.29 is 47.5 Å². The smallest absolute Gasteiger partial charge is 0.472 e. The molecule has 0 rings (SSSR count). The molecular weight excluding hydrogens is 697 g/mol. The number of rotatable bonds is 39. The number of carboxylic acid groups (broad SMARTS) is 1. The molecule has 0 bridgehead atoms. The van der Waals surface area contributed by atoms with Crippen LogP contribution in [0, 0.1) is 0 Å². The van der Waals surface area contributed by atoms with Crippen molar-refractivity contribution in [3.63, 3.8) is 0 Å². The van der Waals surface area contributed by atoms with Crippen molar-refractivity contribution >= 4 is 25.7 Å². The molecule has 1 unspecified atom stereocenters. The molecule has 0 radical (unpaired) electrons. The number of hydrogen-bond acceptors (Lipinski definition) is 9. The number of phosphoric ester groups is 1. The molecule has 0 fully saturated rings. The largest absolute Gasteiger partial charge is 0.480 e. The Morgan fingerprint density at radius 2 is 0.943 bits per heavy atom. The average molecular weight is 774 g/mol. The van der Waals surface area contributed by atoms with E-state index in [4.69, 9.17) is 24.8 Å². The number of allylic oxidation sites excluding steroid dienone is 4. The Kier molecular flexibility index (Phi) is 35.5. The SMILES string of the molecule is CCCCCCC/C=C/CCCCCCCC(=O)OC[C@H](COP(=O)(O)OC[C@H](N)C(=O)O)OC(=O)CCCCCCC/C=C/CCCCCCCC. The molecule has 11 nitrogen and oxygen atoms in total. The monoisotopic (exact) mass is 774 g/mol. The highest BCUT2D eigenvalue weighted by molar-refractivity contribution is 7.47. The predicted octanol–water partition coefficient (Wildman–Crippen LogP) is 10.7. The van der Waals surface area contributed by atoms with E-state index in [9.17, 15) is 23.8 Å². The molecule has 0 aromatic rings. The Labute approximate surface area is 321 Å². The summed E-state index contributed by atoms with van der Waals surface area (Å²) in [5.41, 5.74) is 5.32. The van der Waals surface area contributed by atoms with Crippen LogP contribution in [0.2, 0.25) is 0 Å². The van der Waals surface area contributed by atoms with Gasteiger partial charge in [-0.2, -0.15) is 0 Å². The number of esters is 2. The van der Waals surface area contributed by atoms with E-state index in [1.54, 1.807) is 0 Å². The fraction of sp³-hybridized carbons (Fsp3) is 0.829. The van der Waals surface area contributed by atoms with Crippen LogP contribution in [0.1, 0.15) is 187 Å². The van der Waals surface area contributed by atoms with Gasteiger partial charge in [0.1, 0.15) is 12.6 Å². The van der Waals surface area contributed by atoms with Gasteiger partial charge in [-0.3, -0.25) is 23.4 Å². The first-order valence-corrected chi connectivity index (χ1v) is 22.4. The number of phosphoric acid groups is 1. The zero-order valence-electron chi connectivity index (χ0n) is 33.4. The molecule has 0 spiro atoms. The number of hydrogen-bond donors (Lipinski definition) is 3. The van der Waals surface area contributed by atoms with Gasteiger partial charge in [0.25, 0.3) is 0 Å². The molecule has 0 saturated heterocycles. The Bertz CT molecular complexity index is 1010. The summed E-state index contributed by atoms with van der Waals surface area (Å²) in [6, 6.07) is -1.52. The molecule has 0 aliphatic heterocycles. The lowest BCUT2D eigenvalue weighted by Gasteiger charge is -2.20. The van der Waals surface area contributed by atoms with Crippen molar-refractivity contribution in [3.8, 4) is 0 Å². The van der Waals surface area contributed by atoms with Crippen molar-refractivity contribution in [2.24, 2.45) is 5.73 Å². The summed E-state index contributed by atoms with van der Waals surface area (Å²) < 4.78 is 32.6. The number of carbonyl (C=O) groups is 3. The number of ether oxygens (including phenoxy) is 2. The minimum Gasteiger partial charge on any atom is -0.480 e. The molecule has 12 heteroatoms. The fourth-order valence-electron chi connectivity index (χ4n) is 5.58. The van der Waals surface area contributed by atoms with E-state index in [1.807, 2.05) is 0 Å². The topological polar surface area (TPSA) is 172 Å². The van der Waals surface area contributed by atoms with E-state index in [-0.39, 0.29) is 19.4 Å². The summed E-state index contributed by atoms with van der Waals surface area (Å²) >= 11 is 0. The second-order valence-corrected chi connectivity index (χ2v) is 15.6. The van der Waals surface area contributed by atoms with Crippen molar-refractivity contribution in [1.82, 2.24) is 0 Å². The van der Waals surface area contributed by atoms with Gasteiger partial charge in [0.15, 0.2) is 6.10 Å². The minimum absolute atomic E-state index is 0.151. The van der Waals surface area contributed by atoms with Crippen LogP contribution >= 0.6 is 7.82 Å². The minimum atomic E-state index is -4.71. The number of unbranched alkanes of at least 4 members (excludes halogenated alkanes) is 21. The molecule has 0 aliphatic carbocycles. The second kappa shape index (κ2) is 36.9. The Morgan fingerprint density at radius 3 is 1.38 bits per heavy atom. The second-order valence-electron chi connectivity index (χ2n) is 14.1. The van der Waals surface area contributed by atoms with E-state index >= 15 is 0 Å². The Hall–Kier alpha value is -2.04. The van der Waals surface area contributed by atoms with Gasteiger partial charge in [0.05, 0.1) is 13.2 Å². The van der Waals surface area contributed by atoms with Crippen LogP contribution in [0.5, 0.6) is 0 Å². The van der Waals surface area contributed by atoms with Gasteiger partial charge in [0.2, 0.25) is 0 Å². The van der Waals surface area contributed by atoms with Crippen LogP contribution in [-0.4, -0.2) is 59.9 Å². The van der Waals surface area contributed by atoms with Crippen LogP contribution < -0.4 is 5.73 Å². The maximum Gasteiger partial charge on any atom is 0.472 e. The first-order chi connectivity index (χ1) is 25.6. The first-order valence-electron chi connectivity index (χ1n) is 20.9.